The number of carbonyl (C=O) groups excluding carboxylic acids is 1. The summed E-state index contributed by atoms with van der Waals surface area (Å²) in [6.45, 7) is 0. The van der Waals surface area contributed by atoms with Crippen LogP contribution in [0.2, 0.25) is 0 Å². The fourth-order valence-electron chi connectivity index (χ4n) is 2.26. The van der Waals surface area contributed by atoms with Crippen LogP contribution in [0.25, 0.3) is 10.9 Å². The Morgan fingerprint density at radius 2 is 1.74 bits per heavy atom. The lowest BCUT2D eigenvalue weighted by molar-refractivity contribution is -0.137. The summed E-state index contributed by atoms with van der Waals surface area (Å²) in [5.74, 6) is -0.506. The van der Waals surface area contributed by atoms with Gasteiger partial charge in [-0.2, -0.15) is 13.2 Å². The molecule has 2 aromatic carbocycles. The molecule has 116 valence electrons. The van der Waals surface area contributed by atoms with E-state index in [9.17, 15) is 18.0 Å². The SMILES string of the molecule is O=C(Nc1cccc(C(F)(F)F)c1)c1cccc2cccnc12. The van der Waals surface area contributed by atoms with Crippen LogP contribution in [0.15, 0.2) is 60.8 Å². The number of nitrogens with zero attached hydrogens (tertiary/aromatic N) is 1. The molecule has 0 radical (unpaired) electrons. The molecule has 0 aliphatic rings. The number of anilines is 1. The lowest BCUT2D eigenvalue weighted by atomic mass is 10.1. The van der Waals surface area contributed by atoms with E-state index in [1.165, 1.54) is 12.1 Å². The van der Waals surface area contributed by atoms with Gasteiger partial charge in [-0.15, -0.1) is 0 Å². The molecule has 1 aromatic heterocycles. The summed E-state index contributed by atoms with van der Waals surface area (Å²) >= 11 is 0. The predicted octanol–water partition coefficient (Wildman–Crippen LogP) is 4.51. The van der Waals surface area contributed by atoms with Gasteiger partial charge in [0.05, 0.1) is 16.6 Å². The lowest BCUT2D eigenvalue weighted by Crippen LogP contribution is -2.14. The second-order valence-electron chi connectivity index (χ2n) is 4.91. The maximum absolute atomic E-state index is 12.7. The maximum Gasteiger partial charge on any atom is 0.416 e. The monoisotopic (exact) mass is 316 g/mol. The number of benzene rings is 2. The third-order valence-electron chi connectivity index (χ3n) is 3.33. The predicted molar refractivity (Wildman–Crippen MR) is 81.1 cm³/mol. The summed E-state index contributed by atoms with van der Waals surface area (Å²) in [4.78, 5) is 16.5. The average Bonchev–Trinajstić information content (AvgIpc) is 2.53. The summed E-state index contributed by atoms with van der Waals surface area (Å²) in [7, 11) is 0. The van der Waals surface area contributed by atoms with Gasteiger partial charge in [-0.3, -0.25) is 9.78 Å². The van der Waals surface area contributed by atoms with E-state index in [0.717, 1.165) is 17.5 Å². The highest BCUT2D eigenvalue weighted by Gasteiger charge is 2.30. The largest absolute Gasteiger partial charge is 0.416 e. The molecule has 0 saturated heterocycles. The molecule has 0 bridgehead atoms. The topological polar surface area (TPSA) is 42.0 Å². The smallest absolute Gasteiger partial charge is 0.322 e. The minimum atomic E-state index is -4.46. The van der Waals surface area contributed by atoms with Gasteiger partial charge in [-0.25, -0.2) is 0 Å². The number of halogens is 3. The molecule has 23 heavy (non-hydrogen) atoms. The minimum absolute atomic E-state index is 0.0813. The standard InChI is InChI=1S/C17H11F3N2O/c18-17(19,20)12-6-2-7-13(10-12)22-16(23)14-8-1-4-11-5-3-9-21-15(11)14/h1-10H,(H,22,23). The Balaban J connectivity index is 1.93. The first-order valence-corrected chi connectivity index (χ1v) is 6.77. The van der Waals surface area contributed by atoms with Crippen LogP contribution in [0.4, 0.5) is 18.9 Å². The van der Waals surface area contributed by atoms with E-state index in [4.69, 9.17) is 0 Å². The second kappa shape index (κ2) is 5.72. The zero-order chi connectivity index (χ0) is 16.4. The fourth-order valence-corrected chi connectivity index (χ4v) is 2.26. The van der Waals surface area contributed by atoms with Gasteiger partial charge >= 0.3 is 6.18 Å². The zero-order valence-electron chi connectivity index (χ0n) is 11.8. The van der Waals surface area contributed by atoms with E-state index in [2.05, 4.69) is 10.3 Å². The molecule has 6 heteroatoms. The second-order valence-corrected chi connectivity index (χ2v) is 4.91. The quantitative estimate of drug-likeness (QED) is 0.756. The molecular weight excluding hydrogens is 305 g/mol. The van der Waals surface area contributed by atoms with Crippen molar-refractivity contribution in [3.8, 4) is 0 Å². The molecule has 1 heterocycles. The third-order valence-corrected chi connectivity index (χ3v) is 3.33. The van der Waals surface area contributed by atoms with Gasteiger partial charge in [0.1, 0.15) is 0 Å². The Kier molecular flexibility index (Phi) is 3.73. The van der Waals surface area contributed by atoms with Gasteiger partial charge in [0.15, 0.2) is 0 Å². The van der Waals surface area contributed by atoms with Gasteiger partial charge in [-0.05, 0) is 30.3 Å². The first kappa shape index (κ1) is 15.0. The van der Waals surface area contributed by atoms with Crippen molar-refractivity contribution in [3.63, 3.8) is 0 Å². The van der Waals surface area contributed by atoms with Gasteiger partial charge in [0.2, 0.25) is 0 Å². The number of aromatic nitrogens is 1. The van der Waals surface area contributed by atoms with Crippen LogP contribution in [0.3, 0.4) is 0 Å². The van der Waals surface area contributed by atoms with Crippen LogP contribution in [0.1, 0.15) is 15.9 Å². The van der Waals surface area contributed by atoms with E-state index in [1.807, 2.05) is 12.1 Å². The van der Waals surface area contributed by atoms with Gasteiger partial charge in [0, 0.05) is 17.3 Å². The number of fused-ring (bicyclic) bond motifs is 1. The van der Waals surface area contributed by atoms with Crippen LogP contribution in [-0.2, 0) is 6.18 Å². The number of hydrogen-bond acceptors (Lipinski definition) is 2. The van der Waals surface area contributed by atoms with Crippen molar-refractivity contribution in [3.05, 3.63) is 71.9 Å². The van der Waals surface area contributed by atoms with E-state index >= 15 is 0 Å². The number of carbonyl (C=O) groups is 1. The highest BCUT2D eigenvalue weighted by molar-refractivity contribution is 6.11. The summed E-state index contributed by atoms with van der Waals surface area (Å²) in [6, 6.07) is 13.2. The highest BCUT2D eigenvalue weighted by atomic mass is 19.4. The van der Waals surface area contributed by atoms with Crippen LogP contribution >= 0.6 is 0 Å². The molecular formula is C17H11F3N2O. The van der Waals surface area contributed by atoms with Crippen molar-refractivity contribution >= 4 is 22.5 Å². The number of hydrogen-bond donors (Lipinski definition) is 1. The summed E-state index contributed by atoms with van der Waals surface area (Å²) in [5.41, 5.74) is 0.0732. The van der Waals surface area contributed by atoms with Crippen LogP contribution in [0, 0.1) is 0 Å². The van der Waals surface area contributed by atoms with Crippen molar-refractivity contribution in [2.24, 2.45) is 0 Å². The van der Waals surface area contributed by atoms with Crippen LogP contribution in [0.5, 0.6) is 0 Å². The minimum Gasteiger partial charge on any atom is -0.322 e. The van der Waals surface area contributed by atoms with E-state index in [1.54, 1.807) is 24.4 Å². The van der Waals surface area contributed by atoms with Crippen molar-refractivity contribution in [2.75, 3.05) is 5.32 Å². The van der Waals surface area contributed by atoms with Crippen molar-refractivity contribution < 1.29 is 18.0 Å². The number of rotatable bonds is 2. The highest BCUT2D eigenvalue weighted by Crippen LogP contribution is 2.30. The first-order chi connectivity index (χ1) is 10.9. The Hall–Kier alpha value is -2.89. The van der Waals surface area contributed by atoms with E-state index in [-0.39, 0.29) is 5.69 Å². The van der Waals surface area contributed by atoms with Gasteiger partial charge in [0.25, 0.3) is 5.91 Å². The van der Waals surface area contributed by atoms with E-state index in [0.29, 0.717) is 11.1 Å². The molecule has 1 N–H and O–H groups in total. The van der Waals surface area contributed by atoms with Crippen LogP contribution in [-0.4, -0.2) is 10.9 Å². The van der Waals surface area contributed by atoms with Gasteiger partial charge in [-0.1, -0.05) is 24.3 Å². The number of nitrogens with one attached hydrogen (secondary N) is 1. The molecule has 3 nitrogen and oxygen atoms in total. The number of pyridine rings is 1. The number of para-hydroxylation sites is 1. The molecule has 3 aromatic rings. The Morgan fingerprint density at radius 3 is 2.52 bits per heavy atom. The normalized spacial score (nSPS) is 11.4. The van der Waals surface area contributed by atoms with Gasteiger partial charge < -0.3 is 5.32 Å². The lowest BCUT2D eigenvalue weighted by Gasteiger charge is -2.10. The molecule has 0 unspecified atom stereocenters. The summed E-state index contributed by atoms with van der Waals surface area (Å²) in [6.07, 6.45) is -2.90. The Bertz CT molecular complexity index is 870. The molecule has 3 rings (SSSR count). The molecule has 0 saturated carbocycles. The third kappa shape index (κ3) is 3.15. The van der Waals surface area contributed by atoms with E-state index < -0.39 is 17.6 Å². The Morgan fingerprint density at radius 1 is 1.00 bits per heavy atom. The molecule has 0 aliphatic carbocycles. The maximum atomic E-state index is 12.7. The number of amides is 1. The van der Waals surface area contributed by atoms with Crippen molar-refractivity contribution in [1.29, 1.82) is 0 Å². The zero-order valence-corrected chi connectivity index (χ0v) is 11.8. The number of alkyl halides is 3. The summed E-state index contributed by atoms with van der Waals surface area (Å²) < 4.78 is 38.1. The average molecular weight is 316 g/mol. The molecule has 0 fully saturated rings. The van der Waals surface area contributed by atoms with Crippen molar-refractivity contribution in [2.45, 2.75) is 6.18 Å². The molecule has 1 amide bonds. The summed E-state index contributed by atoms with van der Waals surface area (Å²) in [5, 5.41) is 3.27. The van der Waals surface area contributed by atoms with Crippen molar-refractivity contribution in [1.82, 2.24) is 4.98 Å². The molecule has 0 spiro atoms. The fraction of sp³-hybridized carbons (Fsp3) is 0.0588. The molecule has 0 aliphatic heterocycles. The first-order valence-electron chi connectivity index (χ1n) is 6.77. The Labute approximate surface area is 129 Å². The molecule has 0 atom stereocenters. The van der Waals surface area contributed by atoms with Crippen LogP contribution < -0.4 is 5.32 Å².